The summed E-state index contributed by atoms with van der Waals surface area (Å²) < 4.78 is 40.6. The smallest absolute Gasteiger partial charge is 0.232 e. The molecule has 9 heteroatoms. The molecule has 0 spiro atoms. The first-order valence-corrected chi connectivity index (χ1v) is 17.4. The molecule has 0 saturated heterocycles. The number of hydrogen-bond donors (Lipinski definition) is 2. The molecule has 8 nitrogen and oxygen atoms in total. The Kier molecular flexibility index (Phi) is 9.77. The van der Waals surface area contributed by atoms with Crippen LogP contribution in [0.15, 0.2) is 121 Å². The molecule has 0 fully saturated rings. The van der Waals surface area contributed by atoms with E-state index in [2.05, 4.69) is 58.4 Å². The summed E-state index contributed by atoms with van der Waals surface area (Å²) in [5, 5.41) is 16.5. The Morgan fingerprint density at radius 3 is 2.09 bits per heavy atom. The fraction of sp³-hybridized carbons (Fsp3) is 0.211. The highest BCUT2D eigenvalue weighted by Crippen LogP contribution is 2.34. The van der Waals surface area contributed by atoms with Gasteiger partial charge in [-0.2, -0.15) is 0 Å². The van der Waals surface area contributed by atoms with Gasteiger partial charge in [-0.1, -0.05) is 72.8 Å². The molecule has 0 aliphatic heterocycles. The second-order valence-electron chi connectivity index (χ2n) is 11.6. The van der Waals surface area contributed by atoms with E-state index in [9.17, 15) is 13.5 Å². The molecule has 2 N–H and O–H groups in total. The summed E-state index contributed by atoms with van der Waals surface area (Å²) >= 11 is 0. The van der Waals surface area contributed by atoms with Crippen molar-refractivity contribution in [2.24, 2.45) is 0 Å². The van der Waals surface area contributed by atoms with Crippen molar-refractivity contribution in [2.45, 2.75) is 19.2 Å². The minimum Gasteiger partial charge on any atom is -0.497 e. The molecule has 0 aliphatic rings. The SMILES string of the molecule is COc1ccc2c3ccc(OCCNC[C@H](O)c4cccc(N(Cc5ccccc5)S(C)(=O)=O)c4)cc3n(Cc3ccccc3)c2c1. The Balaban J connectivity index is 1.10. The van der Waals surface area contributed by atoms with Crippen LogP contribution in [0, 0.1) is 0 Å². The van der Waals surface area contributed by atoms with E-state index >= 15 is 0 Å². The van der Waals surface area contributed by atoms with Crippen molar-refractivity contribution in [3.8, 4) is 11.5 Å². The van der Waals surface area contributed by atoms with Crippen LogP contribution in [0.1, 0.15) is 22.8 Å². The van der Waals surface area contributed by atoms with Gasteiger partial charge in [-0.05, 0) is 53.1 Å². The number of fused-ring (bicyclic) bond motifs is 3. The third-order valence-corrected chi connectivity index (χ3v) is 9.37. The number of sulfonamides is 1. The Morgan fingerprint density at radius 1 is 0.787 bits per heavy atom. The number of anilines is 1. The quantitative estimate of drug-likeness (QED) is 0.131. The fourth-order valence-corrected chi connectivity index (χ4v) is 6.72. The van der Waals surface area contributed by atoms with Gasteiger partial charge in [-0.3, -0.25) is 4.31 Å². The van der Waals surface area contributed by atoms with Crippen molar-refractivity contribution in [2.75, 3.05) is 37.4 Å². The molecule has 1 aromatic heterocycles. The number of aliphatic hydroxyl groups excluding tert-OH is 1. The minimum absolute atomic E-state index is 0.210. The van der Waals surface area contributed by atoms with Crippen LogP contribution in [0.25, 0.3) is 21.8 Å². The molecule has 1 heterocycles. The summed E-state index contributed by atoms with van der Waals surface area (Å²) in [5.74, 6) is 1.57. The second kappa shape index (κ2) is 14.3. The van der Waals surface area contributed by atoms with Crippen molar-refractivity contribution in [1.82, 2.24) is 9.88 Å². The molecule has 6 aromatic rings. The first-order valence-electron chi connectivity index (χ1n) is 15.6. The molecule has 242 valence electrons. The number of benzene rings is 5. The summed E-state index contributed by atoms with van der Waals surface area (Å²) in [6.07, 6.45) is 0.369. The van der Waals surface area contributed by atoms with Gasteiger partial charge in [0.15, 0.2) is 0 Å². The van der Waals surface area contributed by atoms with Gasteiger partial charge in [0.1, 0.15) is 18.1 Å². The van der Waals surface area contributed by atoms with E-state index in [0.717, 1.165) is 38.9 Å². The number of nitrogens with one attached hydrogen (secondary N) is 1. The zero-order valence-corrected chi connectivity index (χ0v) is 27.4. The van der Waals surface area contributed by atoms with Gasteiger partial charge in [0.2, 0.25) is 10.0 Å². The second-order valence-corrected chi connectivity index (χ2v) is 13.5. The number of hydrogen-bond acceptors (Lipinski definition) is 6. The summed E-state index contributed by atoms with van der Waals surface area (Å²) in [6.45, 7) is 2.14. The summed E-state index contributed by atoms with van der Waals surface area (Å²) in [7, 11) is -1.86. The Bertz CT molecular complexity index is 2060. The molecule has 0 aliphatic carbocycles. The molecule has 6 rings (SSSR count). The maximum Gasteiger partial charge on any atom is 0.232 e. The van der Waals surface area contributed by atoms with E-state index in [1.165, 1.54) is 16.1 Å². The van der Waals surface area contributed by atoms with Crippen molar-refractivity contribution in [3.05, 3.63) is 138 Å². The Hall–Kier alpha value is -4.83. The molecule has 0 radical (unpaired) electrons. The molecule has 0 bridgehead atoms. The Morgan fingerprint density at radius 2 is 1.43 bits per heavy atom. The summed E-state index contributed by atoms with van der Waals surface area (Å²) in [5.41, 5.74) is 5.39. The van der Waals surface area contributed by atoms with Crippen molar-refractivity contribution >= 4 is 37.5 Å². The number of aliphatic hydroxyl groups is 1. The van der Waals surface area contributed by atoms with Gasteiger partial charge in [0.25, 0.3) is 0 Å². The van der Waals surface area contributed by atoms with Gasteiger partial charge in [-0.25, -0.2) is 8.42 Å². The van der Waals surface area contributed by atoms with E-state index in [4.69, 9.17) is 9.47 Å². The van der Waals surface area contributed by atoms with Gasteiger partial charge in [-0.15, -0.1) is 0 Å². The van der Waals surface area contributed by atoms with Crippen LogP contribution in [0.3, 0.4) is 0 Å². The first-order chi connectivity index (χ1) is 22.8. The fourth-order valence-electron chi connectivity index (χ4n) is 5.84. The van der Waals surface area contributed by atoms with Crippen LogP contribution in [-0.2, 0) is 23.1 Å². The number of ether oxygens (including phenoxy) is 2. The van der Waals surface area contributed by atoms with Gasteiger partial charge in [0, 0.05) is 42.5 Å². The molecule has 0 amide bonds. The third-order valence-electron chi connectivity index (χ3n) is 8.23. The number of aromatic nitrogens is 1. The van der Waals surface area contributed by atoms with Gasteiger partial charge >= 0.3 is 0 Å². The van der Waals surface area contributed by atoms with Crippen molar-refractivity contribution < 1.29 is 23.0 Å². The zero-order valence-electron chi connectivity index (χ0n) is 26.5. The lowest BCUT2D eigenvalue weighted by Crippen LogP contribution is -2.29. The normalized spacial score (nSPS) is 12.3. The van der Waals surface area contributed by atoms with Gasteiger partial charge < -0.3 is 24.5 Å². The maximum atomic E-state index is 12.7. The highest BCUT2D eigenvalue weighted by molar-refractivity contribution is 7.92. The average Bonchev–Trinajstić information content (AvgIpc) is 3.39. The van der Waals surface area contributed by atoms with E-state index in [-0.39, 0.29) is 13.1 Å². The van der Waals surface area contributed by atoms with Crippen LogP contribution in [0.5, 0.6) is 11.5 Å². The summed E-state index contributed by atoms with van der Waals surface area (Å²) in [4.78, 5) is 0. The molecular weight excluding hydrogens is 611 g/mol. The Labute approximate surface area is 275 Å². The monoisotopic (exact) mass is 649 g/mol. The predicted molar refractivity (Wildman–Crippen MR) is 189 cm³/mol. The van der Waals surface area contributed by atoms with Crippen LogP contribution in [-0.4, -0.2) is 51.2 Å². The minimum atomic E-state index is -3.54. The highest BCUT2D eigenvalue weighted by Gasteiger charge is 2.19. The van der Waals surface area contributed by atoms with E-state index < -0.39 is 16.1 Å². The van der Waals surface area contributed by atoms with Gasteiger partial charge in [0.05, 0.1) is 42.7 Å². The molecular formula is C38H39N3O5S. The van der Waals surface area contributed by atoms with Crippen LogP contribution < -0.4 is 19.1 Å². The standard InChI is InChI=1S/C38H39N3O5S/c1-45-32-16-18-34-35-19-17-33(24-37(35)40(36(34)23-32)26-28-10-5-3-6-11-28)46-21-20-39-25-38(42)30-14-9-15-31(22-30)41(47(2,43)44)27-29-12-7-4-8-13-29/h3-19,22-24,38-39,42H,20-21,25-27H2,1-2H3/t38-/m0/s1. The molecule has 1 atom stereocenters. The van der Waals surface area contributed by atoms with Crippen LogP contribution in [0.2, 0.25) is 0 Å². The third kappa shape index (κ3) is 7.60. The lowest BCUT2D eigenvalue weighted by molar-refractivity contribution is 0.172. The van der Waals surface area contributed by atoms with Crippen LogP contribution >= 0.6 is 0 Å². The van der Waals surface area contributed by atoms with E-state index in [1.54, 1.807) is 31.4 Å². The molecule has 0 saturated carbocycles. The van der Waals surface area contributed by atoms with Crippen LogP contribution in [0.4, 0.5) is 5.69 Å². The van der Waals surface area contributed by atoms with Crippen molar-refractivity contribution in [3.63, 3.8) is 0 Å². The highest BCUT2D eigenvalue weighted by atomic mass is 32.2. The average molecular weight is 650 g/mol. The topological polar surface area (TPSA) is 93.0 Å². The lowest BCUT2D eigenvalue weighted by Gasteiger charge is -2.24. The predicted octanol–water partition coefficient (Wildman–Crippen LogP) is 6.52. The molecule has 0 unspecified atom stereocenters. The van der Waals surface area contributed by atoms with Crippen molar-refractivity contribution in [1.29, 1.82) is 0 Å². The van der Waals surface area contributed by atoms with E-state index in [1.807, 2.05) is 48.5 Å². The number of nitrogens with zero attached hydrogens (tertiary/aromatic N) is 2. The van der Waals surface area contributed by atoms with E-state index in [0.29, 0.717) is 30.9 Å². The molecule has 5 aromatic carbocycles. The summed E-state index contributed by atoms with van der Waals surface area (Å²) in [6, 6.07) is 39.2. The maximum absolute atomic E-state index is 12.7. The largest absolute Gasteiger partial charge is 0.497 e. The zero-order chi connectivity index (χ0) is 32.8. The lowest BCUT2D eigenvalue weighted by atomic mass is 10.1. The molecule has 47 heavy (non-hydrogen) atoms. The number of methoxy groups -OCH3 is 1. The first kappa shape index (κ1) is 32.1. The number of rotatable bonds is 14.